The van der Waals surface area contributed by atoms with Crippen LogP contribution in [0.5, 0.6) is 0 Å². The van der Waals surface area contributed by atoms with Gasteiger partial charge in [0.15, 0.2) is 0 Å². The lowest BCUT2D eigenvalue weighted by atomic mass is 10.0. The Balaban J connectivity index is 2.83. The lowest BCUT2D eigenvalue weighted by molar-refractivity contribution is 0.0685. The molecule has 0 radical (unpaired) electrons. The topological polar surface area (TPSA) is 74.6 Å². The minimum Gasteiger partial charge on any atom is -0.478 e. The average molecular weight is 280 g/mol. The molecule has 0 spiro atoms. The Hall–Kier alpha value is -1.66. The van der Waals surface area contributed by atoms with Crippen LogP contribution in [0.4, 0.5) is 0 Å². The van der Waals surface area contributed by atoms with E-state index in [0.717, 1.165) is 0 Å². The molecule has 0 heterocycles. The van der Waals surface area contributed by atoms with Gasteiger partial charge in [-0.1, -0.05) is 0 Å². The van der Waals surface area contributed by atoms with Crippen LogP contribution in [-0.4, -0.2) is 22.2 Å². The van der Waals surface area contributed by atoms with E-state index in [1.54, 1.807) is 0 Å². The highest BCUT2D eigenvalue weighted by Gasteiger charge is 2.12. The quantitative estimate of drug-likeness (QED) is 0.638. The monoisotopic (exact) mass is 280 g/mol. The summed E-state index contributed by atoms with van der Waals surface area (Å²) >= 11 is 8.37. The Kier molecular flexibility index (Phi) is 3.23. The number of fused-ring (bicyclic) bond motifs is 1. The first-order valence-corrected chi connectivity index (χ1v) is 5.76. The second-order valence-electron chi connectivity index (χ2n) is 3.70. The summed E-state index contributed by atoms with van der Waals surface area (Å²) in [6, 6.07) is 5.66. The molecule has 0 bridgehead atoms. The van der Waals surface area contributed by atoms with Crippen LogP contribution in [0.25, 0.3) is 10.8 Å². The molecule has 0 saturated heterocycles. The van der Waals surface area contributed by atoms with E-state index in [1.165, 1.54) is 24.3 Å². The van der Waals surface area contributed by atoms with Crippen molar-refractivity contribution in [3.63, 3.8) is 0 Å². The van der Waals surface area contributed by atoms with Crippen molar-refractivity contribution in [1.82, 2.24) is 0 Å². The number of hydrogen-bond acceptors (Lipinski definition) is 4. The molecule has 92 valence electrons. The zero-order valence-electron chi connectivity index (χ0n) is 8.91. The fourth-order valence-electron chi connectivity index (χ4n) is 1.67. The maximum Gasteiger partial charge on any atom is 0.335 e. The normalized spacial score (nSPS) is 10.6. The van der Waals surface area contributed by atoms with E-state index in [4.69, 9.17) is 10.2 Å². The van der Waals surface area contributed by atoms with E-state index in [2.05, 4.69) is 25.3 Å². The molecule has 2 N–H and O–H groups in total. The number of carboxylic acids is 2. The number of thiol groups is 2. The summed E-state index contributed by atoms with van der Waals surface area (Å²) in [5.41, 5.74) is 0.178. The van der Waals surface area contributed by atoms with Crippen LogP contribution < -0.4 is 0 Å². The van der Waals surface area contributed by atoms with Gasteiger partial charge in [0.05, 0.1) is 11.1 Å². The predicted octanol–water partition coefficient (Wildman–Crippen LogP) is 2.81. The summed E-state index contributed by atoms with van der Waals surface area (Å²) in [5.74, 6) is -2.13. The van der Waals surface area contributed by atoms with Gasteiger partial charge in [-0.25, -0.2) is 9.59 Å². The van der Waals surface area contributed by atoms with Gasteiger partial charge in [0.1, 0.15) is 0 Å². The Labute approximate surface area is 113 Å². The number of carboxylic acid groups (broad SMARTS) is 2. The molecule has 0 aliphatic heterocycles. The van der Waals surface area contributed by atoms with E-state index in [1.807, 2.05) is 0 Å². The zero-order chi connectivity index (χ0) is 13.4. The molecule has 0 amide bonds. The molecule has 0 aromatic heterocycles. The molecule has 0 aliphatic rings. The Bertz CT molecular complexity index is 620. The van der Waals surface area contributed by atoms with Gasteiger partial charge in [0.2, 0.25) is 0 Å². The molecular weight excluding hydrogens is 272 g/mol. The summed E-state index contributed by atoms with van der Waals surface area (Å²) < 4.78 is 0. The van der Waals surface area contributed by atoms with Gasteiger partial charge in [-0.15, -0.1) is 25.3 Å². The van der Waals surface area contributed by atoms with Crippen molar-refractivity contribution >= 4 is 48.0 Å². The first-order valence-electron chi connectivity index (χ1n) is 4.86. The van der Waals surface area contributed by atoms with E-state index in [0.29, 0.717) is 20.6 Å². The molecule has 0 aliphatic carbocycles. The van der Waals surface area contributed by atoms with Crippen LogP contribution in [-0.2, 0) is 0 Å². The van der Waals surface area contributed by atoms with Crippen molar-refractivity contribution in [3.05, 3.63) is 35.4 Å². The highest BCUT2D eigenvalue weighted by Crippen LogP contribution is 2.30. The largest absolute Gasteiger partial charge is 0.478 e. The third-order valence-corrected chi connectivity index (χ3v) is 3.26. The maximum atomic E-state index is 10.9. The number of rotatable bonds is 2. The smallest absolute Gasteiger partial charge is 0.335 e. The van der Waals surface area contributed by atoms with E-state index < -0.39 is 11.9 Å². The molecule has 2 aromatic rings. The highest BCUT2D eigenvalue weighted by atomic mass is 32.1. The molecule has 6 heteroatoms. The minimum absolute atomic E-state index is 0.0888. The van der Waals surface area contributed by atoms with Crippen molar-refractivity contribution in [2.75, 3.05) is 0 Å². The van der Waals surface area contributed by atoms with Crippen LogP contribution in [0.1, 0.15) is 20.7 Å². The molecule has 2 aromatic carbocycles. The summed E-state index contributed by atoms with van der Waals surface area (Å²) in [4.78, 5) is 22.7. The Morgan fingerprint density at radius 1 is 0.778 bits per heavy atom. The van der Waals surface area contributed by atoms with Crippen LogP contribution in [0.3, 0.4) is 0 Å². The fraction of sp³-hybridized carbons (Fsp3) is 0. The lowest BCUT2D eigenvalue weighted by Gasteiger charge is -2.08. The standard InChI is InChI=1S/C12H8O4S2/c13-11(14)5-1-7-8(10(18)3-5)2-6(12(15)16)4-9(7)17/h1-4,17-18H,(H,13,14)(H,15,16). The molecule has 4 nitrogen and oxygen atoms in total. The first-order chi connectivity index (χ1) is 8.40. The molecule has 0 fully saturated rings. The highest BCUT2D eigenvalue weighted by molar-refractivity contribution is 7.81. The third kappa shape index (κ3) is 2.16. The SMILES string of the molecule is O=C(O)c1cc(S)c2cc(C(=O)O)cc(S)c2c1. The van der Waals surface area contributed by atoms with Gasteiger partial charge < -0.3 is 10.2 Å². The summed E-state index contributed by atoms with van der Waals surface area (Å²) in [7, 11) is 0. The summed E-state index contributed by atoms with van der Waals surface area (Å²) in [6.45, 7) is 0. The molecule has 0 unspecified atom stereocenters. The van der Waals surface area contributed by atoms with E-state index in [9.17, 15) is 9.59 Å². The van der Waals surface area contributed by atoms with Crippen LogP contribution >= 0.6 is 25.3 Å². The van der Waals surface area contributed by atoms with Crippen molar-refractivity contribution in [2.45, 2.75) is 9.79 Å². The number of benzene rings is 2. The van der Waals surface area contributed by atoms with E-state index in [-0.39, 0.29) is 11.1 Å². The average Bonchev–Trinajstić information content (AvgIpc) is 2.29. The maximum absolute atomic E-state index is 10.9. The van der Waals surface area contributed by atoms with E-state index >= 15 is 0 Å². The molecular formula is C12H8O4S2. The Morgan fingerprint density at radius 2 is 1.11 bits per heavy atom. The zero-order valence-corrected chi connectivity index (χ0v) is 10.7. The van der Waals surface area contributed by atoms with Gasteiger partial charge in [-0.3, -0.25) is 0 Å². The van der Waals surface area contributed by atoms with Crippen LogP contribution in [0.15, 0.2) is 34.1 Å². The predicted molar refractivity (Wildman–Crippen MR) is 72.4 cm³/mol. The number of carbonyl (C=O) groups is 2. The van der Waals surface area contributed by atoms with Gasteiger partial charge >= 0.3 is 11.9 Å². The van der Waals surface area contributed by atoms with Gasteiger partial charge in [-0.2, -0.15) is 0 Å². The first kappa shape index (κ1) is 12.8. The number of aromatic carboxylic acids is 2. The van der Waals surface area contributed by atoms with Crippen molar-refractivity contribution in [2.24, 2.45) is 0 Å². The van der Waals surface area contributed by atoms with Crippen molar-refractivity contribution in [1.29, 1.82) is 0 Å². The van der Waals surface area contributed by atoms with Gasteiger partial charge in [0, 0.05) is 9.79 Å². The van der Waals surface area contributed by atoms with Crippen LogP contribution in [0.2, 0.25) is 0 Å². The minimum atomic E-state index is -1.07. The molecule has 0 saturated carbocycles. The van der Waals surface area contributed by atoms with Crippen molar-refractivity contribution in [3.8, 4) is 0 Å². The fourth-order valence-corrected chi connectivity index (χ4v) is 2.32. The van der Waals surface area contributed by atoms with Gasteiger partial charge in [0.25, 0.3) is 0 Å². The second kappa shape index (κ2) is 4.55. The summed E-state index contributed by atoms with van der Waals surface area (Å²) in [5, 5.41) is 19.0. The van der Waals surface area contributed by atoms with Gasteiger partial charge in [-0.05, 0) is 35.0 Å². The second-order valence-corrected chi connectivity index (χ2v) is 4.66. The molecule has 2 rings (SSSR count). The molecule has 0 atom stereocenters. The molecule has 18 heavy (non-hydrogen) atoms. The third-order valence-electron chi connectivity index (χ3n) is 2.52. The number of hydrogen-bond donors (Lipinski definition) is 4. The Morgan fingerprint density at radius 3 is 1.39 bits per heavy atom. The van der Waals surface area contributed by atoms with Crippen LogP contribution in [0, 0.1) is 0 Å². The van der Waals surface area contributed by atoms with Crippen molar-refractivity contribution < 1.29 is 19.8 Å². The summed E-state index contributed by atoms with van der Waals surface area (Å²) in [6.07, 6.45) is 0. The lowest BCUT2D eigenvalue weighted by Crippen LogP contribution is -1.99.